The van der Waals surface area contributed by atoms with Crippen molar-refractivity contribution in [3.8, 4) is 11.5 Å². The summed E-state index contributed by atoms with van der Waals surface area (Å²) in [6.45, 7) is 1.89. The molecule has 0 spiro atoms. The number of aromatic nitrogens is 1. The Morgan fingerprint density at radius 1 is 1.07 bits per heavy atom. The van der Waals surface area contributed by atoms with Gasteiger partial charge in [-0.2, -0.15) is 4.31 Å². The molecule has 1 unspecified atom stereocenters. The average Bonchev–Trinajstić information content (AvgIpc) is 3.18. The quantitative estimate of drug-likeness (QED) is 0.652. The number of piperidine rings is 1. The number of benzene rings is 2. The molecule has 146 valence electrons. The van der Waals surface area contributed by atoms with Crippen LogP contribution in [0.2, 0.25) is 0 Å². The van der Waals surface area contributed by atoms with E-state index >= 15 is 0 Å². The van der Waals surface area contributed by atoms with E-state index in [-0.39, 0.29) is 10.8 Å². The van der Waals surface area contributed by atoms with Crippen molar-refractivity contribution in [3.63, 3.8) is 0 Å². The molecule has 1 aromatic heterocycles. The van der Waals surface area contributed by atoms with Gasteiger partial charge < -0.3 is 9.47 Å². The van der Waals surface area contributed by atoms with Crippen molar-refractivity contribution in [1.29, 1.82) is 0 Å². The van der Waals surface area contributed by atoms with Gasteiger partial charge in [0.25, 0.3) is 0 Å². The molecule has 8 heteroatoms. The third-order valence-electron chi connectivity index (χ3n) is 5.20. The van der Waals surface area contributed by atoms with Crippen LogP contribution in [0.5, 0.6) is 11.5 Å². The van der Waals surface area contributed by atoms with Gasteiger partial charge in [-0.1, -0.05) is 12.1 Å². The normalized spacial score (nSPS) is 20.4. The van der Waals surface area contributed by atoms with Crippen LogP contribution in [0.1, 0.15) is 23.8 Å². The Bertz CT molecular complexity index is 1090. The highest BCUT2D eigenvalue weighted by Gasteiger charge is 2.33. The zero-order valence-electron chi connectivity index (χ0n) is 15.2. The minimum Gasteiger partial charge on any atom is -0.486 e. The Morgan fingerprint density at radius 3 is 2.75 bits per heavy atom. The summed E-state index contributed by atoms with van der Waals surface area (Å²) < 4.78 is 40.2. The maximum absolute atomic E-state index is 13.2. The summed E-state index contributed by atoms with van der Waals surface area (Å²) >= 11 is 1.66. The molecule has 2 aliphatic rings. The molecule has 28 heavy (non-hydrogen) atoms. The third kappa shape index (κ3) is 3.15. The van der Waals surface area contributed by atoms with Crippen LogP contribution in [0.4, 0.5) is 0 Å². The van der Waals surface area contributed by atoms with E-state index in [1.165, 1.54) is 0 Å². The fourth-order valence-corrected chi connectivity index (χ4v) is 6.39. The molecule has 0 amide bonds. The maximum Gasteiger partial charge on any atom is 0.243 e. The Hall–Kier alpha value is -2.16. The van der Waals surface area contributed by atoms with Crippen LogP contribution in [-0.4, -0.2) is 44.0 Å². The van der Waals surface area contributed by atoms with Crippen molar-refractivity contribution in [2.45, 2.75) is 23.7 Å². The van der Waals surface area contributed by atoms with Crippen LogP contribution in [0.15, 0.2) is 47.4 Å². The van der Waals surface area contributed by atoms with Gasteiger partial charge in [0.05, 0.1) is 20.1 Å². The minimum atomic E-state index is -3.59. The van der Waals surface area contributed by atoms with E-state index in [1.54, 1.807) is 33.8 Å². The van der Waals surface area contributed by atoms with E-state index in [0.29, 0.717) is 37.8 Å². The lowest BCUT2D eigenvalue weighted by molar-refractivity contribution is 0.171. The molecule has 2 aliphatic heterocycles. The van der Waals surface area contributed by atoms with Crippen molar-refractivity contribution in [1.82, 2.24) is 9.29 Å². The molecular formula is C20H20N2O4S2. The number of rotatable bonds is 3. The lowest BCUT2D eigenvalue weighted by Gasteiger charge is -2.31. The van der Waals surface area contributed by atoms with Crippen molar-refractivity contribution in [2.24, 2.45) is 0 Å². The van der Waals surface area contributed by atoms with E-state index < -0.39 is 10.0 Å². The summed E-state index contributed by atoms with van der Waals surface area (Å²) in [4.78, 5) is 5.00. The van der Waals surface area contributed by atoms with E-state index in [2.05, 4.69) is 6.07 Å². The molecule has 6 nitrogen and oxygen atoms in total. The molecule has 5 rings (SSSR count). The fraction of sp³-hybridized carbons (Fsp3) is 0.350. The minimum absolute atomic E-state index is 0.123. The highest BCUT2D eigenvalue weighted by atomic mass is 32.2. The van der Waals surface area contributed by atoms with Crippen LogP contribution in [0.25, 0.3) is 10.2 Å². The zero-order valence-corrected chi connectivity index (χ0v) is 16.8. The fourth-order valence-electron chi connectivity index (χ4n) is 3.76. The zero-order chi connectivity index (χ0) is 19.1. The van der Waals surface area contributed by atoms with Crippen molar-refractivity contribution < 1.29 is 17.9 Å². The second kappa shape index (κ2) is 7.02. The molecule has 0 N–H and O–H groups in total. The van der Waals surface area contributed by atoms with Gasteiger partial charge in [0.2, 0.25) is 10.0 Å². The molecule has 1 fully saturated rings. The summed E-state index contributed by atoms with van der Waals surface area (Å²) in [5.74, 6) is 1.21. The van der Waals surface area contributed by atoms with E-state index in [0.717, 1.165) is 28.1 Å². The van der Waals surface area contributed by atoms with Crippen LogP contribution in [0.3, 0.4) is 0 Å². The van der Waals surface area contributed by atoms with Gasteiger partial charge in [-0.25, -0.2) is 13.4 Å². The van der Waals surface area contributed by atoms with Gasteiger partial charge in [-0.15, -0.1) is 11.3 Å². The SMILES string of the molecule is O=S(=O)(c1ccc2c(c1)OCCO2)N1CCCC(c2nc3ccccc3s2)C1. The average molecular weight is 417 g/mol. The van der Waals surface area contributed by atoms with Crippen molar-refractivity contribution >= 4 is 31.6 Å². The van der Waals surface area contributed by atoms with Gasteiger partial charge in [-0.05, 0) is 37.1 Å². The van der Waals surface area contributed by atoms with E-state index in [1.807, 2.05) is 18.2 Å². The number of nitrogens with zero attached hydrogens (tertiary/aromatic N) is 2. The predicted molar refractivity (Wildman–Crippen MR) is 108 cm³/mol. The number of sulfonamides is 1. The smallest absolute Gasteiger partial charge is 0.243 e. The first-order chi connectivity index (χ1) is 13.6. The first kappa shape index (κ1) is 17.9. The van der Waals surface area contributed by atoms with Crippen molar-refractivity contribution in [3.05, 3.63) is 47.5 Å². The van der Waals surface area contributed by atoms with Crippen LogP contribution in [-0.2, 0) is 10.0 Å². The van der Waals surface area contributed by atoms with Crippen molar-refractivity contribution in [2.75, 3.05) is 26.3 Å². The molecule has 0 saturated carbocycles. The summed E-state index contributed by atoms with van der Waals surface area (Å²) in [5.41, 5.74) is 0.981. The molecule has 0 radical (unpaired) electrons. The summed E-state index contributed by atoms with van der Waals surface area (Å²) in [6, 6.07) is 12.9. The molecule has 1 atom stereocenters. The molecular weight excluding hydrogens is 396 g/mol. The topological polar surface area (TPSA) is 68.7 Å². The van der Waals surface area contributed by atoms with Crippen LogP contribution in [0, 0.1) is 0 Å². The largest absolute Gasteiger partial charge is 0.486 e. The standard InChI is InChI=1S/C20H20N2O4S2/c23-28(24,15-7-8-17-18(12-15)26-11-10-25-17)22-9-3-4-14(13-22)20-21-16-5-1-2-6-19(16)27-20/h1-2,5-8,12,14H,3-4,9-11,13H2. The first-order valence-electron chi connectivity index (χ1n) is 9.36. The van der Waals surface area contributed by atoms with Crippen LogP contribution >= 0.6 is 11.3 Å². The molecule has 3 aromatic rings. The Kier molecular flexibility index (Phi) is 4.49. The van der Waals surface area contributed by atoms with Gasteiger partial charge in [-0.3, -0.25) is 0 Å². The molecule has 2 aromatic carbocycles. The number of para-hydroxylation sites is 1. The predicted octanol–water partition coefficient (Wildman–Crippen LogP) is 3.64. The monoisotopic (exact) mass is 416 g/mol. The van der Waals surface area contributed by atoms with Gasteiger partial charge in [0.1, 0.15) is 13.2 Å². The molecule has 1 saturated heterocycles. The number of thiazole rings is 1. The van der Waals surface area contributed by atoms with Gasteiger partial charge >= 0.3 is 0 Å². The summed E-state index contributed by atoms with van der Waals surface area (Å²) in [5, 5.41) is 1.02. The van der Waals surface area contributed by atoms with E-state index in [9.17, 15) is 8.42 Å². The van der Waals surface area contributed by atoms with Crippen LogP contribution < -0.4 is 9.47 Å². The summed E-state index contributed by atoms with van der Waals surface area (Å²) in [7, 11) is -3.59. The van der Waals surface area contributed by atoms with E-state index in [4.69, 9.17) is 14.5 Å². The summed E-state index contributed by atoms with van der Waals surface area (Å²) in [6.07, 6.45) is 1.78. The molecule has 0 aliphatic carbocycles. The van der Waals surface area contributed by atoms with Gasteiger partial charge in [0.15, 0.2) is 11.5 Å². The highest BCUT2D eigenvalue weighted by Crippen LogP contribution is 2.37. The molecule has 3 heterocycles. The number of ether oxygens (including phenoxy) is 2. The second-order valence-electron chi connectivity index (χ2n) is 7.03. The Balaban J connectivity index is 1.42. The lowest BCUT2D eigenvalue weighted by atomic mass is 10.0. The maximum atomic E-state index is 13.2. The third-order valence-corrected chi connectivity index (χ3v) is 8.26. The van der Waals surface area contributed by atoms with Gasteiger partial charge in [0, 0.05) is 25.1 Å². The highest BCUT2D eigenvalue weighted by molar-refractivity contribution is 7.89. The molecule has 0 bridgehead atoms. The second-order valence-corrected chi connectivity index (χ2v) is 10.0. The Labute approximate surface area is 167 Å². The Morgan fingerprint density at radius 2 is 1.89 bits per heavy atom. The number of hydrogen-bond acceptors (Lipinski definition) is 6. The number of hydrogen-bond donors (Lipinski definition) is 0. The lowest BCUT2D eigenvalue weighted by Crippen LogP contribution is -2.39. The first-order valence-corrected chi connectivity index (χ1v) is 11.6. The number of fused-ring (bicyclic) bond motifs is 2.